The molecule has 0 radical (unpaired) electrons. The molecule has 2 amide bonds. The van der Waals surface area contributed by atoms with Gasteiger partial charge in [0.25, 0.3) is 5.91 Å². The van der Waals surface area contributed by atoms with E-state index in [1.54, 1.807) is 22.8 Å². The first-order chi connectivity index (χ1) is 15.1. The maximum Gasteiger partial charge on any atom is 0.272 e. The summed E-state index contributed by atoms with van der Waals surface area (Å²) in [4.78, 5) is 26.9. The summed E-state index contributed by atoms with van der Waals surface area (Å²) in [7, 11) is 1.62. The number of ether oxygens (including phenoxy) is 1. The van der Waals surface area contributed by atoms with Gasteiger partial charge in [0.05, 0.1) is 25.9 Å². The first-order valence-electron chi connectivity index (χ1n) is 10.4. The number of nitrogens with zero attached hydrogens (tertiary/aromatic N) is 3. The van der Waals surface area contributed by atoms with E-state index in [4.69, 9.17) is 4.74 Å². The highest BCUT2D eigenvalue weighted by atomic mass is 16.5. The van der Waals surface area contributed by atoms with Crippen LogP contribution in [-0.4, -0.2) is 46.7 Å². The summed E-state index contributed by atoms with van der Waals surface area (Å²) < 4.78 is 6.90. The molecular formula is C24H26N4O3. The van der Waals surface area contributed by atoms with Crippen LogP contribution in [0.5, 0.6) is 5.75 Å². The van der Waals surface area contributed by atoms with E-state index in [0.717, 1.165) is 29.0 Å². The van der Waals surface area contributed by atoms with Crippen molar-refractivity contribution in [3.63, 3.8) is 0 Å². The Kier molecular flexibility index (Phi) is 6.02. The van der Waals surface area contributed by atoms with Gasteiger partial charge in [-0.15, -0.1) is 0 Å². The van der Waals surface area contributed by atoms with Crippen LogP contribution in [0.3, 0.4) is 0 Å². The zero-order chi connectivity index (χ0) is 21.8. The Morgan fingerprint density at radius 1 is 1.06 bits per heavy atom. The number of rotatable bonds is 7. The largest absolute Gasteiger partial charge is 0.497 e. The predicted molar refractivity (Wildman–Crippen MR) is 118 cm³/mol. The van der Waals surface area contributed by atoms with Crippen molar-refractivity contribution in [1.29, 1.82) is 0 Å². The van der Waals surface area contributed by atoms with Crippen molar-refractivity contribution in [1.82, 2.24) is 20.0 Å². The lowest BCUT2D eigenvalue weighted by Crippen LogP contribution is -2.45. The maximum absolute atomic E-state index is 12.9. The van der Waals surface area contributed by atoms with Crippen LogP contribution in [0.2, 0.25) is 0 Å². The van der Waals surface area contributed by atoms with E-state index in [1.807, 2.05) is 36.4 Å². The van der Waals surface area contributed by atoms with Gasteiger partial charge >= 0.3 is 0 Å². The molecule has 1 aliphatic heterocycles. The number of fused-ring (bicyclic) bond motifs is 1. The minimum Gasteiger partial charge on any atom is -0.497 e. The van der Waals surface area contributed by atoms with Crippen molar-refractivity contribution in [2.75, 3.05) is 20.2 Å². The topological polar surface area (TPSA) is 76.5 Å². The van der Waals surface area contributed by atoms with E-state index >= 15 is 0 Å². The van der Waals surface area contributed by atoms with Crippen molar-refractivity contribution in [3.05, 3.63) is 71.4 Å². The number of aromatic nitrogens is 2. The highest BCUT2D eigenvalue weighted by Gasteiger charge is 2.28. The third kappa shape index (κ3) is 4.60. The number of methoxy groups -OCH3 is 1. The van der Waals surface area contributed by atoms with Gasteiger partial charge in [0.15, 0.2) is 0 Å². The third-order valence-corrected chi connectivity index (χ3v) is 5.51. The standard InChI is InChI=1S/C24H26N4O3/c1-3-17-4-6-18(7-5-17)15-25-23(29)16-27-12-13-28-22(24(27)30)14-21(26-28)19-8-10-20(31-2)11-9-19/h4-11,14H,3,12-13,15-16H2,1-2H3,(H,25,29). The fraction of sp³-hybridized carbons (Fsp3) is 0.292. The molecule has 0 unspecified atom stereocenters. The number of nitrogens with one attached hydrogen (secondary N) is 1. The molecule has 0 spiro atoms. The summed E-state index contributed by atoms with van der Waals surface area (Å²) in [6.07, 6.45) is 0.987. The summed E-state index contributed by atoms with van der Waals surface area (Å²) in [6, 6.07) is 17.5. The lowest BCUT2D eigenvalue weighted by molar-refractivity contribution is -0.122. The van der Waals surface area contributed by atoms with E-state index in [-0.39, 0.29) is 18.4 Å². The molecule has 7 nitrogen and oxygen atoms in total. The summed E-state index contributed by atoms with van der Waals surface area (Å²) in [5, 5.41) is 7.46. The summed E-state index contributed by atoms with van der Waals surface area (Å²) in [5.74, 6) is 0.416. The van der Waals surface area contributed by atoms with Crippen LogP contribution in [0, 0.1) is 0 Å². The first kappa shape index (κ1) is 20.7. The van der Waals surface area contributed by atoms with Crippen molar-refractivity contribution >= 4 is 11.8 Å². The van der Waals surface area contributed by atoms with Crippen LogP contribution in [0.15, 0.2) is 54.6 Å². The average molecular weight is 418 g/mol. The summed E-state index contributed by atoms with van der Waals surface area (Å²) >= 11 is 0. The summed E-state index contributed by atoms with van der Waals surface area (Å²) in [5.41, 5.74) is 4.44. The van der Waals surface area contributed by atoms with Crippen LogP contribution in [0.1, 0.15) is 28.5 Å². The lowest BCUT2D eigenvalue weighted by atomic mass is 10.1. The second-order valence-electron chi connectivity index (χ2n) is 7.54. The average Bonchev–Trinajstić information content (AvgIpc) is 3.25. The number of hydrogen-bond acceptors (Lipinski definition) is 4. The fourth-order valence-electron chi connectivity index (χ4n) is 3.61. The quantitative estimate of drug-likeness (QED) is 0.640. The van der Waals surface area contributed by atoms with Gasteiger partial charge in [-0.1, -0.05) is 31.2 Å². The second kappa shape index (κ2) is 9.04. The normalized spacial score (nSPS) is 13.1. The first-order valence-corrected chi connectivity index (χ1v) is 10.4. The number of carbonyl (C=O) groups is 2. The monoisotopic (exact) mass is 418 g/mol. The van der Waals surface area contributed by atoms with Crippen molar-refractivity contribution in [3.8, 4) is 17.0 Å². The minimum absolute atomic E-state index is 0.0366. The molecule has 1 N–H and O–H groups in total. The zero-order valence-electron chi connectivity index (χ0n) is 17.8. The molecule has 3 aromatic rings. The van der Waals surface area contributed by atoms with E-state index in [0.29, 0.717) is 25.3 Å². The highest BCUT2D eigenvalue weighted by molar-refractivity contribution is 5.96. The van der Waals surface area contributed by atoms with Gasteiger partial charge in [0, 0.05) is 18.7 Å². The Morgan fingerprint density at radius 3 is 2.45 bits per heavy atom. The van der Waals surface area contributed by atoms with Crippen LogP contribution in [0.25, 0.3) is 11.3 Å². The SMILES string of the molecule is CCc1ccc(CNC(=O)CN2CCn3nc(-c4ccc(OC)cc4)cc3C2=O)cc1. The fourth-order valence-corrected chi connectivity index (χ4v) is 3.61. The number of benzene rings is 2. The van der Waals surface area contributed by atoms with Crippen LogP contribution in [-0.2, 0) is 24.3 Å². The molecule has 1 aromatic heterocycles. The summed E-state index contributed by atoms with van der Waals surface area (Å²) in [6.45, 7) is 3.61. The smallest absolute Gasteiger partial charge is 0.272 e. The third-order valence-electron chi connectivity index (χ3n) is 5.51. The maximum atomic E-state index is 12.9. The predicted octanol–water partition coefficient (Wildman–Crippen LogP) is 2.89. The number of aryl methyl sites for hydroxylation is 1. The molecule has 0 saturated carbocycles. The molecular weight excluding hydrogens is 392 g/mol. The number of hydrogen-bond donors (Lipinski definition) is 1. The van der Waals surface area contributed by atoms with Gasteiger partial charge in [-0.25, -0.2) is 0 Å². The molecule has 2 aromatic carbocycles. The van der Waals surface area contributed by atoms with Gasteiger partial charge in [0.1, 0.15) is 11.4 Å². The van der Waals surface area contributed by atoms with Crippen LogP contribution < -0.4 is 10.1 Å². The van der Waals surface area contributed by atoms with Crippen molar-refractivity contribution in [2.24, 2.45) is 0 Å². The number of carbonyl (C=O) groups excluding carboxylic acids is 2. The van der Waals surface area contributed by atoms with E-state index in [2.05, 4.69) is 29.5 Å². The molecule has 31 heavy (non-hydrogen) atoms. The van der Waals surface area contributed by atoms with Gasteiger partial charge in [-0.05, 0) is 47.9 Å². The molecule has 0 bridgehead atoms. The van der Waals surface area contributed by atoms with Crippen molar-refractivity contribution < 1.29 is 14.3 Å². The van der Waals surface area contributed by atoms with Crippen LogP contribution >= 0.6 is 0 Å². The molecule has 2 heterocycles. The van der Waals surface area contributed by atoms with Gasteiger partial charge in [-0.2, -0.15) is 5.10 Å². The molecule has 7 heteroatoms. The molecule has 0 atom stereocenters. The minimum atomic E-state index is -0.180. The van der Waals surface area contributed by atoms with E-state index < -0.39 is 0 Å². The Hall–Kier alpha value is -3.61. The molecule has 0 aliphatic carbocycles. The van der Waals surface area contributed by atoms with Crippen LogP contribution in [0.4, 0.5) is 0 Å². The van der Waals surface area contributed by atoms with Gasteiger partial charge in [0.2, 0.25) is 5.91 Å². The Balaban J connectivity index is 1.37. The van der Waals surface area contributed by atoms with E-state index in [1.165, 1.54) is 5.56 Å². The zero-order valence-corrected chi connectivity index (χ0v) is 17.8. The second-order valence-corrected chi connectivity index (χ2v) is 7.54. The van der Waals surface area contributed by atoms with Gasteiger partial charge in [-0.3, -0.25) is 14.3 Å². The van der Waals surface area contributed by atoms with Gasteiger partial charge < -0.3 is 15.0 Å². The number of amides is 2. The molecule has 0 fully saturated rings. The van der Waals surface area contributed by atoms with Crippen molar-refractivity contribution in [2.45, 2.75) is 26.4 Å². The lowest BCUT2D eigenvalue weighted by Gasteiger charge is -2.26. The Bertz CT molecular complexity index is 1070. The molecule has 0 saturated heterocycles. The molecule has 1 aliphatic rings. The Labute approximate surface area is 181 Å². The Morgan fingerprint density at radius 2 is 1.77 bits per heavy atom. The molecule has 4 rings (SSSR count). The molecule has 160 valence electrons. The highest BCUT2D eigenvalue weighted by Crippen LogP contribution is 2.24. The van der Waals surface area contributed by atoms with E-state index in [9.17, 15) is 9.59 Å².